The van der Waals surface area contributed by atoms with Crippen LogP contribution in [-0.4, -0.2) is 30.5 Å². The highest BCUT2D eigenvalue weighted by molar-refractivity contribution is 7.98. The van der Waals surface area contributed by atoms with Gasteiger partial charge in [-0.25, -0.2) is 4.39 Å². The molecule has 0 unspecified atom stereocenters. The number of fused-ring (bicyclic) bond motifs is 1. The molecule has 2 aromatic carbocycles. The van der Waals surface area contributed by atoms with Crippen LogP contribution in [0, 0.1) is 5.82 Å². The van der Waals surface area contributed by atoms with Crippen molar-refractivity contribution >= 4 is 34.3 Å². The molecule has 0 atom stereocenters. The third-order valence-electron chi connectivity index (χ3n) is 3.96. The first-order valence-electron chi connectivity index (χ1n) is 7.85. The van der Waals surface area contributed by atoms with Crippen molar-refractivity contribution in [3.63, 3.8) is 0 Å². The maximum atomic E-state index is 13.7. The minimum absolute atomic E-state index is 0.190. The van der Waals surface area contributed by atoms with Gasteiger partial charge < -0.3 is 9.88 Å². The molecule has 1 heterocycles. The minimum Gasteiger partial charge on any atom is -0.357 e. The molecule has 0 fully saturated rings. The SMILES string of the molecule is CN(C)CCc1c(CSc2ccc(Cl)cc2)[nH]c2ccc(F)cc12. The van der Waals surface area contributed by atoms with Crippen LogP contribution in [0.5, 0.6) is 0 Å². The Hall–Kier alpha value is -1.49. The van der Waals surface area contributed by atoms with E-state index in [1.165, 1.54) is 16.5 Å². The lowest BCUT2D eigenvalue weighted by molar-refractivity contribution is 0.414. The molecule has 3 aromatic rings. The van der Waals surface area contributed by atoms with Gasteiger partial charge in [-0.1, -0.05) is 11.6 Å². The second-order valence-electron chi connectivity index (χ2n) is 6.07. The second-order valence-corrected chi connectivity index (χ2v) is 7.55. The Morgan fingerprint density at radius 1 is 1.12 bits per heavy atom. The van der Waals surface area contributed by atoms with Crippen molar-refractivity contribution in [1.29, 1.82) is 0 Å². The van der Waals surface area contributed by atoms with Gasteiger partial charge in [0.1, 0.15) is 5.82 Å². The fourth-order valence-corrected chi connectivity index (χ4v) is 3.72. The number of aromatic nitrogens is 1. The van der Waals surface area contributed by atoms with Crippen LogP contribution in [0.1, 0.15) is 11.3 Å². The zero-order chi connectivity index (χ0) is 17.1. The number of likely N-dealkylation sites (N-methyl/N-ethyl adjacent to an activating group) is 1. The summed E-state index contributed by atoms with van der Waals surface area (Å²) in [6, 6.07) is 12.8. The molecule has 0 aliphatic heterocycles. The number of rotatable bonds is 6. The molecule has 3 rings (SSSR count). The number of benzene rings is 2. The van der Waals surface area contributed by atoms with E-state index < -0.39 is 0 Å². The Balaban J connectivity index is 1.87. The van der Waals surface area contributed by atoms with Gasteiger partial charge in [-0.15, -0.1) is 11.8 Å². The summed E-state index contributed by atoms with van der Waals surface area (Å²) in [6.45, 7) is 0.933. The number of hydrogen-bond acceptors (Lipinski definition) is 2. The fraction of sp³-hybridized carbons (Fsp3) is 0.263. The molecule has 126 valence electrons. The molecule has 1 aromatic heterocycles. The number of aromatic amines is 1. The lowest BCUT2D eigenvalue weighted by Gasteiger charge is -2.10. The van der Waals surface area contributed by atoms with Gasteiger partial charge in [0.25, 0.3) is 0 Å². The minimum atomic E-state index is -0.190. The predicted molar refractivity (Wildman–Crippen MR) is 102 cm³/mol. The molecule has 0 saturated heterocycles. The molecule has 0 saturated carbocycles. The van der Waals surface area contributed by atoms with Gasteiger partial charge in [0.2, 0.25) is 0 Å². The van der Waals surface area contributed by atoms with Gasteiger partial charge in [-0.3, -0.25) is 0 Å². The Morgan fingerprint density at radius 3 is 2.58 bits per heavy atom. The zero-order valence-corrected chi connectivity index (χ0v) is 15.3. The van der Waals surface area contributed by atoms with Crippen LogP contribution in [0.2, 0.25) is 5.02 Å². The molecule has 1 N–H and O–H groups in total. The Morgan fingerprint density at radius 2 is 1.88 bits per heavy atom. The molecule has 0 spiro atoms. The Labute approximate surface area is 151 Å². The fourth-order valence-electron chi connectivity index (χ4n) is 2.71. The van der Waals surface area contributed by atoms with Crippen LogP contribution in [0.4, 0.5) is 4.39 Å². The predicted octanol–water partition coefficient (Wildman–Crippen LogP) is 5.36. The van der Waals surface area contributed by atoms with Crippen molar-refractivity contribution < 1.29 is 4.39 Å². The van der Waals surface area contributed by atoms with E-state index in [1.54, 1.807) is 17.8 Å². The van der Waals surface area contributed by atoms with Crippen molar-refractivity contribution in [2.45, 2.75) is 17.1 Å². The Bertz CT molecular complexity index is 827. The van der Waals surface area contributed by atoms with E-state index in [4.69, 9.17) is 11.6 Å². The summed E-state index contributed by atoms with van der Waals surface area (Å²) in [5.74, 6) is 0.630. The summed E-state index contributed by atoms with van der Waals surface area (Å²) in [6.07, 6.45) is 0.896. The largest absolute Gasteiger partial charge is 0.357 e. The number of nitrogens with zero attached hydrogens (tertiary/aromatic N) is 1. The first-order chi connectivity index (χ1) is 11.5. The molecule has 0 aliphatic rings. The summed E-state index contributed by atoms with van der Waals surface area (Å²) in [5, 5.41) is 1.73. The number of hydrogen-bond donors (Lipinski definition) is 1. The van der Waals surface area contributed by atoms with Crippen LogP contribution in [0.3, 0.4) is 0 Å². The van der Waals surface area contributed by atoms with E-state index >= 15 is 0 Å². The van der Waals surface area contributed by atoms with Crippen LogP contribution in [0.15, 0.2) is 47.4 Å². The summed E-state index contributed by atoms with van der Waals surface area (Å²) < 4.78 is 13.7. The van der Waals surface area contributed by atoms with Crippen LogP contribution in [0.25, 0.3) is 10.9 Å². The molecule has 0 radical (unpaired) electrons. The number of halogens is 2. The summed E-state index contributed by atoms with van der Waals surface area (Å²) >= 11 is 7.69. The van der Waals surface area contributed by atoms with Crippen LogP contribution >= 0.6 is 23.4 Å². The summed E-state index contributed by atoms with van der Waals surface area (Å²) in [7, 11) is 4.11. The van der Waals surface area contributed by atoms with Gasteiger partial charge in [0.15, 0.2) is 0 Å². The van der Waals surface area contributed by atoms with Crippen LogP contribution in [-0.2, 0) is 12.2 Å². The number of H-pyrrole nitrogens is 1. The van der Waals surface area contributed by atoms with Gasteiger partial charge >= 0.3 is 0 Å². The third kappa shape index (κ3) is 4.12. The van der Waals surface area contributed by atoms with E-state index in [9.17, 15) is 4.39 Å². The molecule has 0 amide bonds. The number of thioether (sulfide) groups is 1. The molecule has 0 aliphatic carbocycles. The molecular formula is C19H20ClFN2S. The molecule has 24 heavy (non-hydrogen) atoms. The zero-order valence-electron chi connectivity index (χ0n) is 13.8. The summed E-state index contributed by atoms with van der Waals surface area (Å²) in [5.41, 5.74) is 3.37. The highest BCUT2D eigenvalue weighted by Crippen LogP contribution is 2.30. The van der Waals surface area contributed by atoms with Crippen molar-refractivity contribution in [2.75, 3.05) is 20.6 Å². The summed E-state index contributed by atoms with van der Waals surface area (Å²) in [4.78, 5) is 6.78. The van der Waals surface area contributed by atoms with Gasteiger partial charge in [-0.2, -0.15) is 0 Å². The average molecular weight is 363 g/mol. The Kier molecular flexibility index (Phi) is 5.49. The lowest BCUT2D eigenvalue weighted by Crippen LogP contribution is -2.15. The molecule has 2 nitrogen and oxygen atoms in total. The van der Waals surface area contributed by atoms with Crippen LogP contribution < -0.4 is 0 Å². The standard InChI is InChI=1S/C19H20ClFN2S/c1-23(2)10-9-16-17-11-14(21)5-8-18(17)22-19(16)12-24-15-6-3-13(20)4-7-15/h3-8,11,22H,9-10,12H2,1-2H3. The quantitative estimate of drug-likeness (QED) is 0.595. The normalized spacial score (nSPS) is 11.5. The first kappa shape index (κ1) is 17.3. The molecule has 5 heteroatoms. The van der Waals surface area contributed by atoms with Crippen molar-refractivity contribution in [3.05, 3.63) is 64.6 Å². The first-order valence-corrected chi connectivity index (χ1v) is 9.21. The highest BCUT2D eigenvalue weighted by atomic mass is 35.5. The topological polar surface area (TPSA) is 19.0 Å². The van der Waals surface area contributed by atoms with Crippen molar-refractivity contribution in [1.82, 2.24) is 9.88 Å². The maximum Gasteiger partial charge on any atom is 0.123 e. The van der Waals surface area contributed by atoms with Crippen molar-refractivity contribution in [3.8, 4) is 0 Å². The average Bonchev–Trinajstić information content (AvgIpc) is 2.89. The smallest absolute Gasteiger partial charge is 0.123 e. The van der Waals surface area contributed by atoms with Gasteiger partial charge in [0.05, 0.1) is 0 Å². The van der Waals surface area contributed by atoms with E-state index in [0.29, 0.717) is 0 Å². The second kappa shape index (κ2) is 7.60. The van der Waals surface area contributed by atoms with Gasteiger partial charge in [0, 0.05) is 38.8 Å². The third-order valence-corrected chi connectivity index (χ3v) is 5.25. The van der Waals surface area contributed by atoms with E-state index in [-0.39, 0.29) is 5.82 Å². The highest BCUT2D eigenvalue weighted by Gasteiger charge is 2.13. The molecular weight excluding hydrogens is 343 g/mol. The molecule has 0 bridgehead atoms. The lowest BCUT2D eigenvalue weighted by atomic mass is 10.1. The van der Waals surface area contributed by atoms with E-state index in [1.807, 2.05) is 30.3 Å². The van der Waals surface area contributed by atoms with E-state index in [2.05, 4.69) is 24.0 Å². The van der Waals surface area contributed by atoms with Crippen molar-refractivity contribution in [2.24, 2.45) is 0 Å². The maximum absolute atomic E-state index is 13.7. The van der Waals surface area contributed by atoms with Gasteiger partial charge in [-0.05, 0) is 68.5 Å². The monoisotopic (exact) mass is 362 g/mol. The van der Waals surface area contributed by atoms with E-state index in [0.717, 1.165) is 40.3 Å². The number of nitrogens with one attached hydrogen (secondary N) is 1.